The molecular formula is C24H24F3N5O3. The van der Waals surface area contributed by atoms with Gasteiger partial charge >= 0.3 is 12.1 Å². The molecule has 0 aliphatic heterocycles. The van der Waals surface area contributed by atoms with Crippen molar-refractivity contribution in [2.24, 2.45) is 0 Å². The third-order valence-electron chi connectivity index (χ3n) is 4.88. The van der Waals surface area contributed by atoms with Gasteiger partial charge in [-0.1, -0.05) is 24.3 Å². The number of para-hydroxylation sites is 1. The summed E-state index contributed by atoms with van der Waals surface area (Å²) < 4.78 is 35.6. The van der Waals surface area contributed by atoms with E-state index in [1.165, 1.54) is 0 Å². The summed E-state index contributed by atoms with van der Waals surface area (Å²) in [4.78, 5) is 23.7. The lowest BCUT2D eigenvalue weighted by molar-refractivity contribution is -0.192. The average Bonchev–Trinajstić information content (AvgIpc) is 3.44. The van der Waals surface area contributed by atoms with Crippen LogP contribution in [-0.2, 0) is 4.79 Å². The summed E-state index contributed by atoms with van der Waals surface area (Å²) >= 11 is 0. The summed E-state index contributed by atoms with van der Waals surface area (Å²) in [5.41, 5.74) is 4.23. The van der Waals surface area contributed by atoms with Crippen LogP contribution in [0.1, 0.15) is 10.4 Å². The number of hydrogen-bond donors (Lipinski definition) is 2. The van der Waals surface area contributed by atoms with E-state index in [2.05, 4.69) is 5.32 Å². The quantitative estimate of drug-likeness (QED) is 0.433. The predicted octanol–water partition coefficient (Wildman–Crippen LogP) is 3.72. The van der Waals surface area contributed by atoms with Gasteiger partial charge in [-0.25, -0.2) is 9.48 Å². The van der Waals surface area contributed by atoms with E-state index >= 15 is 0 Å². The van der Waals surface area contributed by atoms with E-state index in [4.69, 9.17) is 15.0 Å². The van der Waals surface area contributed by atoms with E-state index in [-0.39, 0.29) is 5.91 Å². The molecule has 0 spiro atoms. The number of fused-ring (bicyclic) bond motifs is 1. The molecule has 0 bridgehead atoms. The van der Waals surface area contributed by atoms with Crippen molar-refractivity contribution in [2.45, 2.75) is 6.18 Å². The number of amides is 1. The molecule has 11 heteroatoms. The van der Waals surface area contributed by atoms with Crippen LogP contribution in [0, 0.1) is 0 Å². The van der Waals surface area contributed by atoms with Gasteiger partial charge in [-0.2, -0.15) is 18.3 Å². The number of carbonyl (C=O) groups is 2. The van der Waals surface area contributed by atoms with Crippen molar-refractivity contribution in [1.29, 1.82) is 0 Å². The summed E-state index contributed by atoms with van der Waals surface area (Å²) in [6, 6.07) is 19.7. The summed E-state index contributed by atoms with van der Waals surface area (Å²) in [7, 11) is 3.97. The van der Waals surface area contributed by atoms with Crippen LogP contribution in [-0.4, -0.2) is 69.4 Å². The summed E-state index contributed by atoms with van der Waals surface area (Å²) in [5.74, 6) is -2.83. The Hall–Kier alpha value is -4.12. The van der Waals surface area contributed by atoms with Crippen molar-refractivity contribution in [3.8, 4) is 17.1 Å². The first kappa shape index (κ1) is 25.5. The van der Waals surface area contributed by atoms with E-state index in [1.54, 1.807) is 0 Å². The van der Waals surface area contributed by atoms with Crippen LogP contribution >= 0.6 is 0 Å². The zero-order chi connectivity index (χ0) is 25.6. The lowest BCUT2D eigenvalue weighted by Gasteiger charge is -2.10. The van der Waals surface area contributed by atoms with Gasteiger partial charge in [0.05, 0.1) is 22.5 Å². The second-order valence-corrected chi connectivity index (χ2v) is 7.74. The number of benzene rings is 1. The average molecular weight is 487 g/mol. The fraction of sp³-hybridized carbons (Fsp3) is 0.208. The van der Waals surface area contributed by atoms with Gasteiger partial charge in [-0.05, 0) is 50.5 Å². The number of rotatable bonds is 6. The number of halogens is 3. The van der Waals surface area contributed by atoms with Gasteiger partial charge in [0.2, 0.25) is 0 Å². The molecule has 3 aromatic heterocycles. The molecule has 0 radical (unpaired) electrons. The normalized spacial score (nSPS) is 11.3. The minimum Gasteiger partial charge on any atom is -0.475 e. The van der Waals surface area contributed by atoms with Gasteiger partial charge in [0.15, 0.2) is 0 Å². The second-order valence-electron chi connectivity index (χ2n) is 7.74. The zero-order valence-electron chi connectivity index (χ0n) is 19.0. The third-order valence-corrected chi connectivity index (χ3v) is 4.88. The van der Waals surface area contributed by atoms with Crippen molar-refractivity contribution in [3.63, 3.8) is 0 Å². The number of carboxylic acid groups (broad SMARTS) is 1. The first-order valence-electron chi connectivity index (χ1n) is 10.5. The molecule has 0 fully saturated rings. The predicted molar refractivity (Wildman–Crippen MR) is 125 cm³/mol. The van der Waals surface area contributed by atoms with Crippen molar-refractivity contribution in [3.05, 3.63) is 78.6 Å². The Labute approximate surface area is 199 Å². The maximum atomic E-state index is 12.7. The molecule has 8 nitrogen and oxygen atoms in total. The minimum atomic E-state index is -5.08. The first-order valence-corrected chi connectivity index (χ1v) is 10.5. The SMILES string of the molecule is CN(C)CCNC(=O)c1cc(-c2ccn(-c3ccccc3)n2)n2ccccc12.O=C(O)C(F)(F)F. The molecule has 1 amide bonds. The Morgan fingerprint density at radius 1 is 1.03 bits per heavy atom. The largest absolute Gasteiger partial charge is 0.490 e. The Kier molecular flexibility index (Phi) is 7.92. The summed E-state index contributed by atoms with van der Waals surface area (Å²) in [5, 5.41) is 14.8. The van der Waals surface area contributed by atoms with Crippen molar-refractivity contribution >= 4 is 17.4 Å². The molecule has 4 rings (SSSR count). The second kappa shape index (κ2) is 10.9. The van der Waals surface area contributed by atoms with Crippen LogP contribution in [0.4, 0.5) is 13.2 Å². The Bertz CT molecular complexity index is 1300. The van der Waals surface area contributed by atoms with E-state index < -0.39 is 12.1 Å². The molecule has 0 atom stereocenters. The van der Waals surface area contributed by atoms with Gasteiger partial charge in [0, 0.05) is 25.5 Å². The number of hydrogen-bond acceptors (Lipinski definition) is 4. The monoisotopic (exact) mass is 487 g/mol. The van der Waals surface area contributed by atoms with E-state index in [0.717, 1.165) is 29.1 Å². The first-order chi connectivity index (χ1) is 16.6. The van der Waals surface area contributed by atoms with Gasteiger partial charge in [0.25, 0.3) is 5.91 Å². The lowest BCUT2D eigenvalue weighted by Crippen LogP contribution is -2.31. The number of nitrogens with zero attached hydrogens (tertiary/aromatic N) is 4. The Balaban J connectivity index is 0.000000429. The van der Waals surface area contributed by atoms with E-state index in [9.17, 15) is 18.0 Å². The summed E-state index contributed by atoms with van der Waals surface area (Å²) in [6.07, 6.45) is -1.19. The van der Waals surface area contributed by atoms with Gasteiger partial charge in [-0.3, -0.25) is 4.79 Å². The molecule has 0 saturated carbocycles. The molecule has 0 aliphatic rings. The highest BCUT2D eigenvalue weighted by Gasteiger charge is 2.38. The van der Waals surface area contributed by atoms with Crippen LogP contribution < -0.4 is 5.32 Å². The topological polar surface area (TPSA) is 91.9 Å². The molecule has 184 valence electrons. The number of carboxylic acids is 1. The van der Waals surface area contributed by atoms with Crippen LogP contribution in [0.2, 0.25) is 0 Å². The van der Waals surface area contributed by atoms with E-state index in [0.29, 0.717) is 12.1 Å². The molecule has 35 heavy (non-hydrogen) atoms. The fourth-order valence-electron chi connectivity index (χ4n) is 3.21. The third kappa shape index (κ3) is 6.48. The highest BCUT2D eigenvalue weighted by molar-refractivity contribution is 6.02. The van der Waals surface area contributed by atoms with Crippen LogP contribution in [0.5, 0.6) is 0 Å². The van der Waals surface area contributed by atoms with Crippen LogP contribution in [0.15, 0.2) is 73.1 Å². The van der Waals surface area contributed by atoms with Crippen LogP contribution in [0.25, 0.3) is 22.6 Å². The maximum Gasteiger partial charge on any atom is 0.490 e. The lowest BCUT2D eigenvalue weighted by atomic mass is 10.2. The fourth-order valence-corrected chi connectivity index (χ4v) is 3.21. The van der Waals surface area contributed by atoms with Crippen molar-refractivity contribution in [1.82, 2.24) is 24.4 Å². The Morgan fingerprint density at radius 3 is 2.31 bits per heavy atom. The zero-order valence-corrected chi connectivity index (χ0v) is 19.0. The molecule has 1 aromatic carbocycles. The van der Waals surface area contributed by atoms with Crippen molar-refractivity contribution in [2.75, 3.05) is 27.2 Å². The van der Waals surface area contributed by atoms with E-state index in [1.807, 2.05) is 101 Å². The number of pyridine rings is 1. The number of nitrogens with one attached hydrogen (secondary N) is 1. The molecule has 0 saturated heterocycles. The Morgan fingerprint density at radius 2 is 1.69 bits per heavy atom. The molecule has 0 aliphatic carbocycles. The van der Waals surface area contributed by atoms with Gasteiger partial charge in [-0.15, -0.1) is 0 Å². The molecule has 4 aromatic rings. The highest BCUT2D eigenvalue weighted by Crippen LogP contribution is 2.25. The number of aliphatic carboxylic acids is 1. The molecular weight excluding hydrogens is 463 g/mol. The number of carbonyl (C=O) groups excluding carboxylic acids is 1. The molecule has 2 N–H and O–H groups in total. The van der Waals surface area contributed by atoms with Crippen LogP contribution in [0.3, 0.4) is 0 Å². The van der Waals surface area contributed by atoms with Gasteiger partial charge in [0.1, 0.15) is 5.69 Å². The number of likely N-dealkylation sites (N-methyl/N-ethyl adjacent to an activating group) is 1. The summed E-state index contributed by atoms with van der Waals surface area (Å²) in [6.45, 7) is 1.40. The molecule has 3 heterocycles. The smallest absolute Gasteiger partial charge is 0.475 e. The maximum absolute atomic E-state index is 12.7. The van der Waals surface area contributed by atoms with Crippen molar-refractivity contribution < 1.29 is 27.9 Å². The minimum absolute atomic E-state index is 0.0701. The highest BCUT2D eigenvalue weighted by atomic mass is 19.4. The standard InChI is InChI=1S/C22H23N5O.C2HF3O2/c1-25(2)15-12-23-22(28)18-16-21(26-13-7-6-10-20(18)26)19-11-14-27(24-19)17-8-4-3-5-9-17;3-2(4,5)1(6)7/h3-11,13-14,16H,12,15H2,1-2H3,(H,23,28);(H,6,7). The number of alkyl halides is 3. The molecule has 0 unspecified atom stereocenters. The van der Waals surface area contributed by atoms with Gasteiger partial charge < -0.3 is 19.7 Å². The number of aromatic nitrogens is 3.